The molecule has 13 heteroatoms. The molecule has 3 rings (SSSR count). The number of phenolic OH excluding ortho intramolecular Hbond substituents is 1. The van der Waals surface area contributed by atoms with E-state index >= 15 is 0 Å². The van der Waals surface area contributed by atoms with Gasteiger partial charge in [0.2, 0.25) is 12.0 Å². The summed E-state index contributed by atoms with van der Waals surface area (Å²) in [6, 6.07) is 0.0150. The Balaban J connectivity index is 2.02. The van der Waals surface area contributed by atoms with Crippen molar-refractivity contribution in [1.82, 2.24) is 5.32 Å². The van der Waals surface area contributed by atoms with Gasteiger partial charge in [-0.2, -0.15) is 17.6 Å². The van der Waals surface area contributed by atoms with Gasteiger partial charge < -0.3 is 20.9 Å². The average molecular weight is 476 g/mol. The number of nitrogens with one attached hydrogen (secondary N) is 1. The van der Waals surface area contributed by atoms with Gasteiger partial charge in [-0.05, 0) is 13.0 Å². The third-order valence-corrected chi connectivity index (χ3v) is 5.96. The van der Waals surface area contributed by atoms with Crippen LogP contribution in [-0.2, 0) is 14.3 Å². The monoisotopic (exact) mass is 476 g/mol. The second-order valence-corrected chi connectivity index (χ2v) is 7.89. The van der Waals surface area contributed by atoms with Gasteiger partial charge in [-0.1, -0.05) is 13.0 Å². The lowest BCUT2D eigenvalue weighted by molar-refractivity contribution is -0.495. The van der Waals surface area contributed by atoms with Gasteiger partial charge >= 0.3 is 12.2 Å². The molecule has 0 radical (unpaired) electrons. The number of phenols is 1. The summed E-state index contributed by atoms with van der Waals surface area (Å²) in [5.41, 5.74) is 1.64. The Morgan fingerprint density at radius 3 is 2.48 bits per heavy atom. The molecular weight excluding hydrogens is 457 g/mol. The molecule has 2 aliphatic heterocycles. The van der Waals surface area contributed by atoms with Crippen molar-refractivity contribution in [2.24, 2.45) is 11.7 Å². The fraction of sp³-hybridized carbons (Fsp3) is 0.400. The predicted molar refractivity (Wildman–Crippen MR) is 101 cm³/mol. The van der Waals surface area contributed by atoms with Crippen LogP contribution in [0.2, 0.25) is 0 Å². The van der Waals surface area contributed by atoms with E-state index in [0.717, 1.165) is 31.3 Å². The molecular formula is C20H19F5N3O5+. The van der Waals surface area contributed by atoms with E-state index in [1.165, 1.54) is 0 Å². The van der Waals surface area contributed by atoms with Gasteiger partial charge in [0, 0.05) is 39.2 Å². The molecule has 0 aliphatic carbocycles. The molecule has 2 amide bonds. The molecule has 1 unspecified atom stereocenters. The molecule has 1 saturated heterocycles. The van der Waals surface area contributed by atoms with E-state index in [1.54, 1.807) is 0 Å². The van der Waals surface area contributed by atoms with Crippen LogP contribution in [0.3, 0.4) is 0 Å². The second-order valence-electron chi connectivity index (χ2n) is 7.89. The summed E-state index contributed by atoms with van der Waals surface area (Å²) in [6.45, 7) is 1.80. The van der Waals surface area contributed by atoms with Crippen molar-refractivity contribution in [2.75, 3.05) is 0 Å². The zero-order chi connectivity index (χ0) is 24.9. The van der Waals surface area contributed by atoms with E-state index in [1.807, 2.05) is 0 Å². The van der Waals surface area contributed by atoms with Crippen LogP contribution < -0.4 is 11.1 Å². The molecule has 5 atom stereocenters. The molecule has 0 bridgehead atoms. The number of carbonyl (C=O) groups excluding carboxylic acids is 2. The van der Waals surface area contributed by atoms with E-state index in [4.69, 9.17) is 10.5 Å². The second kappa shape index (κ2) is 8.21. The molecule has 33 heavy (non-hydrogen) atoms. The van der Waals surface area contributed by atoms with E-state index < -0.39 is 70.5 Å². The third kappa shape index (κ3) is 4.08. The van der Waals surface area contributed by atoms with Crippen molar-refractivity contribution in [1.29, 1.82) is 0 Å². The largest absolute Gasteiger partial charge is 0.505 e. The minimum absolute atomic E-state index is 0.124. The summed E-state index contributed by atoms with van der Waals surface area (Å²) in [6.07, 6.45) is -3.93. The van der Waals surface area contributed by atoms with Crippen molar-refractivity contribution < 1.29 is 46.1 Å². The number of carbonyl (C=O) groups is 2. The molecule has 2 heterocycles. The Morgan fingerprint density at radius 1 is 1.27 bits per heavy atom. The highest BCUT2D eigenvalue weighted by atomic mass is 19.4. The lowest BCUT2D eigenvalue weighted by atomic mass is 9.77. The molecule has 1 aromatic carbocycles. The van der Waals surface area contributed by atoms with Crippen LogP contribution in [0.5, 0.6) is 5.75 Å². The number of hydrogen-bond donors (Lipinski definition) is 3. The Labute approximate surface area is 183 Å². The molecule has 1 aromatic rings. The molecule has 0 aromatic heterocycles. The fourth-order valence-electron chi connectivity index (χ4n) is 3.90. The standard InChI is InChI=1S/C20H18F5N3O5/c1-8-13(10-3-4-11(21)14(22)15(10)29)16(33-19(8,2)20(23,24)25)18(31)27-9-5-6-28(32)12(7-9)17(26)30/h3-8,12-13,16H,1-2H3,(H3-,26,27,29,30,31)/p+1/t8-,12?,13+,16+,19+/m0/s1. The van der Waals surface area contributed by atoms with Crippen LogP contribution in [0, 0.1) is 22.5 Å². The molecule has 8 nitrogen and oxygen atoms in total. The SMILES string of the molecule is C[C@H]1[C@H](c2ccc(F)c(F)c2O)[C@H](C(=O)NC2=CC(C(N)=O)[N+](=O)C=C2)O[C@@]1(C)C(F)(F)F. The minimum atomic E-state index is -4.96. The van der Waals surface area contributed by atoms with Crippen LogP contribution in [-0.4, -0.2) is 45.6 Å². The first-order valence-electron chi connectivity index (χ1n) is 9.56. The van der Waals surface area contributed by atoms with E-state index in [9.17, 15) is 41.6 Å². The van der Waals surface area contributed by atoms with Gasteiger partial charge in [-0.3, -0.25) is 9.59 Å². The quantitative estimate of drug-likeness (QED) is 0.455. The normalized spacial score (nSPS) is 29.7. The lowest BCUT2D eigenvalue weighted by Gasteiger charge is -2.31. The third-order valence-electron chi connectivity index (χ3n) is 5.96. The summed E-state index contributed by atoms with van der Waals surface area (Å²) < 4.78 is 74.3. The van der Waals surface area contributed by atoms with E-state index in [-0.39, 0.29) is 10.5 Å². The number of alkyl halides is 3. The van der Waals surface area contributed by atoms with Crippen molar-refractivity contribution >= 4 is 11.8 Å². The first-order valence-corrected chi connectivity index (χ1v) is 9.56. The highest BCUT2D eigenvalue weighted by molar-refractivity contribution is 5.86. The summed E-state index contributed by atoms with van der Waals surface area (Å²) in [5, 5.41) is 12.3. The molecule has 0 saturated carbocycles. The Hall–Kier alpha value is -3.35. The van der Waals surface area contributed by atoms with Gasteiger partial charge in [0.25, 0.3) is 11.8 Å². The smallest absolute Gasteiger partial charge is 0.417 e. The zero-order valence-electron chi connectivity index (χ0n) is 17.2. The molecule has 0 spiro atoms. The number of benzene rings is 1. The Bertz CT molecular complexity index is 1090. The predicted octanol–water partition coefficient (Wildman–Crippen LogP) is 2.27. The topological polar surface area (TPSA) is 122 Å². The average Bonchev–Trinajstić information content (AvgIpc) is 3.00. The van der Waals surface area contributed by atoms with Gasteiger partial charge in [0.1, 0.15) is 6.10 Å². The van der Waals surface area contributed by atoms with Crippen LogP contribution in [0.4, 0.5) is 22.0 Å². The van der Waals surface area contributed by atoms with Gasteiger partial charge in [0.05, 0.1) is 5.70 Å². The molecule has 2 aliphatic rings. The number of halogens is 5. The maximum Gasteiger partial charge on any atom is 0.417 e. The molecule has 1 fully saturated rings. The molecule has 4 N–H and O–H groups in total. The van der Waals surface area contributed by atoms with Crippen molar-refractivity contribution in [3.8, 4) is 5.75 Å². The van der Waals surface area contributed by atoms with Crippen molar-refractivity contribution in [2.45, 2.75) is 43.7 Å². The number of nitrogens with two attached hydrogens (primary N) is 1. The summed E-state index contributed by atoms with van der Waals surface area (Å²) in [4.78, 5) is 35.9. The number of allylic oxidation sites excluding steroid dienone is 1. The van der Waals surface area contributed by atoms with Crippen molar-refractivity contribution in [3.05, 3.63) is 58.3 Å². The Morgan fingerprint density at radius 2 is 1.91 bits per heavy atom. The highest BCUT2D eigenvalue weighted by Gasteiger charge is 2.65. The maximum atomic E-state index is 14.0. The summed E-state index contributed by atoms with van der Waals surface area (Å²) in [7, 11) is 0. The lowest BCUT2D eigenvalue weighted by Crippen LogP contribution is -2.47. The summed E-state index contributed by atoms with van der Waals surface area (Å²) in [5.74, 6) is -9.59. The van der Waals surface area contributed by atoms with E-state index in [0.29, 0.717) is 13.0 Å². The highest BCUT2D eigenvalue weighted by Crippen LogP contribution is 2.54. The van der Waals surface area contributed by atoms with Gasteiger partial charge in [-0.25, -0.2) is 4.39 Å². The van der Waals surface area contributed by atoms with Gasteiger partial charge in [-0.15, -0.1) is 0 Å². The van der Waals surface area contributed by atoms with E-state index in [2.05, 4.69) is 5.32 Å². The number of hydrogen-bond acceptors (Lipinski definition) is 5. The number of nitrogens with zero attached hydrogens (tertiary/aromatic N) is 1. The number of primary amides is 1. The maximum absolute atomic E-state index is 14.0. The number of ether oxygens (including phenoxy) is 1. The number of amides is 2. The first kappa shape index (κ1) is 24.3. The van der Waals surface area contributed by atoms with Crippen molar-refractivity contribution in [3.63, 3.8) is 0 Å². The van der Waals surface area contributed by atoms with Crippen LogP contribution in [0.1, 0.15) is 25.3 Å². The first-order chi connectivity index (χ1) is 15.2. The van der Waals surface area contributed by atoms with Crippen LogP contribution in [0.25, 0.3) is 0 Å². The Kier molecular flexibility index (Phi) is 6.04. The minimum Gasteiger partial charge on any atom is -0.505 e. The van der Waals surface area contributed by atoms with Gasteiger partial charge in [0.15, 0.2) is 17.2 Å². The fourth-order valence-corrected chi connectivity index (χ4v) is 3.90. The number of nitroso groups, excluding NO2 is 1. The molecule has 178 valence electrons. The van der Waals surface area contributed by atoms with Crippen LogP contribution in [0.15, 0.2) is 36.2 Å². The zero-order valence-corrected chi connectivity index (χ0v) is 17.2. The summed E-state index contributed by atoms with van der Waals surface area (Å²) >= 11 is 0. The number of rotatable bonds is 4. The van der Waals surface area contributed by atoms with Crippen LogP contribution >= 0.6 is 0 Å². The number of aromatic hydroxyl groups is 1.